The summed E-state index contributed by atoms with van der Waals surface area (Å²) < 4.78 is 13.4. The first-order chi connectivity index (χ1) is 21.1. The molecule has 4 heterocycles. The minimum Gasteiger partial charge on any atom is -0.350 e. The van der Waals surface area contributed by atoms with Gasteiger partial charge in [0.1, 0.15) is 17.0 Å². The second-order valence-corrected chi connectivity index (χ2v) is 10.2. The van der Waals surface area contributed by atoms with Crippen LogP contribution in [0.3, 0.4) is 0 Å². The fraction of sp³-hybridized carbons (Fsp3) is 0.250. The van der Waals surface area contributed by atoms with Crippen LogP contribution in [-0.2, 0) is 22.4 Å². The van der Waals surface area contributed by atoms with E-state index >= 15 is 0 Å². The van der Waals surface area contributed by atoms with Crippen molar-refractivity contribution in [3.05, 3.63) is 100 Å². The number of aromatic nitrogens is 8. The minimum absolute atomic E-state index is 0.201. The predicted octanol–water partition coefficient (Wildman–Crippen LogP) is 5.32. The molecule has 11 nitrogen and oxygen atoms in total. The molecule has 0 saturated carbocycles. The Kier molecular flexibility index (Phi) is 8.16. The average Bonchev–Trinajstić information content (AvgIpc) is 3.69. The summed E-state index contributed by atoms with van der Waals surface area (Å²) in [5, 5.41) is 14.4. The molecule has 0 saturated heterocycles. The Balaban J connectivity index is 1.42. The summed E-state index contributed by atoms with van der Waals surface area (Å²) in [6, 6.07) is 21.9. The Morgan fingerprint density at radius 1 is 0.907 bits per heavy atom. The highest BCUT2D eigenvalue weighted by atomic mass is 16.7. The van der Waals surface area contributed by atoms with E-state index in [0.29, 0.717) is 23.6 Å². The van der Waals surface area contributed by atoms with Crippen LogP contribution in [0.2, 0.25) is 0 Å². The number of aromatic amines is 2. The third-order valence-electron chi connectivity index (χ3n) is 7.45. The third-order valence-corrected chi connectivity index (χ3v) is 7.45. The van der Waals surface area contributed by atoms with E-state index < -0.39 is 6.29 Å². The van der Waals surface area contributed by atoms with E-state index in [4.69, 9.17) is 19.4 Å². The van der Waals surface area contributed by atoms with Gasteiger partial charge in [0, 0.05) is 44.0 Å². The van der Waals surface area contributed by atoms with Crippen LogP contribution < -0.4 is 5.56 Å². The third kappa shape index (κ3) is 5.72. The lowest BCUT2D eigenvalue weighted by Crippen LogP contribution is -2.11. The molecule has 0 aliphatic carbocycles. The number of ether oxygens (including phenoxy) is 2. The Morgan fingerprint density at radius 3 is 2.40 bits per heavy atom. The van der Waals surface area contributed by atoms with Crippen LogP contribution in [0.25, 0.3) is 44.8 Å². The summed E-state index contributed by atoms with van der Waals surface area (Å²) in [4.78, 5) is 24.9. The first-order valence-corrected chi connectivity index (χ1v) is 14.2. The van der Waals surface area contributed by atoms with Gasteiger partial charge in [0.15, 0.2) is 11.5 Å². The van der Waals surface area contributed by atoms with Crippen LogP contribution in [0.1, 0.15) is 43.1 Å². The molecule has 6 aromatic rings. The largest absolute Gasteiger partial charge is 0.350 e. The van der Waals surface area contributed by atoms with Crippen molar-refractivity contribution in [1.82, 2.24) is 40.1 Å². The van der Waals surface area contributed by atoms with Gasteiger partial charge in [0.2, 0.25) is 11.8 Å². The molecule has 0 aliphatic rings. The molecular weight excluding hydrogens is 544 g/mol. The normalized spacial score (nSPS) is 11.5. The van der Waals surface area contributed by atoms with Gasteiger partial charge in [-0.05, 0) is 51.2 Å². The second kappa shape index (κ2) is 12.5. The molecule has 0 radical (unpaired) electrons. The molecule has 0 bridgehead atoms. The van der Waals surface area contributed by atoms with E-state index in [1.807, 2.05) is 30.3 Å². The van der Waals surface area contributed by atoms with Gasteiger partial charge in [0.25, 0.3) is 0 Å². The number of methoxy groups -OCH3 is 2. The number of fused-ring (bicyclic) bond motifs is 1. The molecule has 4 aromatic heterocycles. The fourth-order valence-electron chi connectivity index (χ4n) is 5.33. The van der Waals surface area contributed by atoms with Crippen LogP contribution in [0.4, 0.5) is 0 Å². The molecule has 0 atom stereocenters. The highest BCUT2D eigenvalue weighted by Gasteiger charge is 2.22. The standard InChI is InChI=1S/C32H32N8O3/c1-4-5-10-27-34-26-18-25(22-15-16-33-28(41)17-22)29(32(42-2)43-3)35-31(26)40(27)19-20-11-13-21(14-12-20)23-8-6-7-9-24(23)30-36-38-39-37-30/h6-9,11-18,32H,4-5,10,19H2,1-3H3,(H,33,41)(H,36,37,38,39). The highest BCUT2D eigenvalue weighted by Crippen LogP contribution is 2.33. The molecular formula is C32H32N8O3. The quantitative estimate of drug-likeness (QED) is 0.198. The lowest BCUT2D eigenvalue weighted by Gasteiger charge is -2.17. The van der Waals surface area contributed by atoms with Gasteiger partial charge >= 0.3 is 0 Å². The summed E-state index contributed by atoms with van der Waals surface area (Å²) in [5.41, 5.74) is 7.46. The predicted molar refractivity (Wildman–Crippen MR) is 163 cm³/mol. The molecule has 0 amide bonds. The molecule has 2 aromatic carbocycles. The van der Waals surface area contributed by atoms with Crippen molar-refractivity contribution in [2.45, 2.75) is 39.0 Å². The number of benzene rings is 2. The topological polar surface area (TPSA) is 136 Å². The highest BCUT2D eigenvalue weighted by molar-refractivity contribution is 5.82. The van der Waals surface area contributed by atoms with Crippen molar-refractivity contribution in [1.29, 1.82) is 0 Å². The number of nitrogens with one attached hydrogen (secondary N) is 2. The molecule has 218 valence electrons. The summed E-state index contributed by atoms with van der Waals surface area (Å²) in [6.45, 7) is 2.76. The number of imidazole rings is 1. The number of tetrazole rings is 1. The molecule has 0 fully saturated rings. The maximum Gasteiger partial charge on any atom is 0.248 e. The number of aryl methyl sites for hydroxylation is 1. The zero-order valence-electron chi connectivity index (χ0n) is 24.2. The molecule has 11 heteroatoms. The SMILES string of the molecule is CCCCc1nc2cc(-c3cc[nH]c(=O)c3)c(C(OC)OC)nc2n1Cc1ccc(-c2ccccc2-c2nnn[nH]2)cc1. The van der Waals surface area contributed by atoms with E-state index in [1.165, 1.54) is 0 Å². The molecule has 2 N–H and O–H groups in total. The number of nitrogens with zero attached hydrogens (tertiary/aromatic N) is 6. The monoisotopic (exact) mass is 576 g/mol. The van der Waals surface area contributed by atoms with Gasteiger partial charge in [-0.25, -0.2) is 15.1 Å². The molecule has 43 heavy (non-hydrogen) atoms. The summed E-state index contributed by atoms with van der Waals surface area (Å²) in [5.74, 6) is 1.58. The number of hydrogen-bond acceptors (Lipinski definition) is 8. The molecule has 0 unspecified atom stereocenters. The van der Waals surface area contributed by atoms with Gasteiger partial charge in [0.05, 0.1) is 6.54 Å². The van der Waals surface area contributed by atoms with Gasteiger partial charge in [-0.2, -0.15) is 0 Å². The zero-order chi connectivity index (χ0) is 29.8. The Labute approximate surface area is 248 Å². The lowest BCUT2D eigenvalue weighted by atomic mass is 9.98. The number of unbranched alkanes of at least 4 members (excludes halogenated alkanes) is 1. The van der Waals surface area contributed by atoms with Crippen molar-refractivity contribution in [3.63, 3.8) is 0 Å². The summed E-state index contributed by atoms with van der Waals surface area (Å²) in [6.07, 6.45) is 3.76. The van der Waals surface area contributed by atoms with Crippen molar-refractivity contribution >= 4 is 11.2 Å². The molecule has 0 spiro atoms. The number of H-pyrrole nitrogens is 2. The maximum absolute atomic E-state index is 12.2. The van der Waals surface area contributed by atoms with Crippen LogP contribution in [0.15, 0.2) is 77.7 Å². The lowest BCUT2D eigenvalue weighted by molar-refractivity contribution is -0.108. The fourth-order valence-corrected chi connectivity index (χ4v) is 5.33. The van der Waals surface area contributed by atoms with E-state index in [2.05, 4.69) is 67.4 Å². The van der Waals surface area contributed by atoms with Gasteiger partial charge in [-0.1, -0.05) is 61.9 Å². The van der Waals surface area contributed by atoms with Crippen molar-refractivity contribution in [3.8, 4) is 33.6 Å². The van der Waals surface area contributed by atoms with E-state index in [-0.39, 0.29) is 5.56 Å². The zero-order valence-corrected chi connectivity index (χ0v) is 24.2. The first kappa shape index (κ1) is 28.1. The van der Waals surface area contributed by atoms with Gasteiger partial charge in [-0.15, -0.1) is 5.10 Å². The Morgan fingerprint density at radius 2 is 1.70 bits per heavy atom. The van der Waals surface area contributed by atoms with Crippen molar-refractivity contribution in [2.75, 3.05) is 14.2 Å². The van der Waals surface area contributed by atoms with Gasteiger partial charge < -0.3 is 19.0 Å². The minimum atomic E-state index is -0.722. The molecule has 6 rings (SSSR count). The average molecular weight is 577 g/mol. The van der Waals surface area contributed by atoms with Crippen LogP contribution in [0, 0.1) is 0 Å². The van der Waals surface area contributed by atoms with Crippen molar-refractivity contribution in [2.24, 2.45) is 0 Å². The van der Waals surface area contributed by atoms with Crippen molar-refractivity contribution < 1.29 is 9.47 Å². The second-order valence-electron chi connectivity index (χ2n) is 10.2. The Bertz CT molecular complexity index is 1890. The first-order valence-electron chi connectivity index (χ1n) is 14.2. The Hall–Kier alpha value is -5.00. The summed E-state index contributed by atoms with van der Waals surface area (Å²) >= 11 is 0. The van der Waals surface area contributed by atoms with E-state index in [0.717, 1.165) is 64.1 Å². The van der Waals surface area contributed by atoms with Crippen LogP contribution >= 0.6 is 0 Å². The van der Waals surface area contributed by atoms with Gasteiger partial charge in [-0.3, -0.25) is 4.79 Å². The van der Waals surface area contributed by atoms with E-state index in [9.17, 15) is 4.79 Å². The number of rotatable bonds is 11. The molecule has 0 aliphatic heterocycles. The number of hydrogen-bond donors (Lipinski definition) is 2. The maximum atomic E-state index is 12.2. The van der Waals surface area contributed by atoms with Crippen LogP contribution in [-0.4, -0.2) is 54.4 Å². The smallest absolute Gasteiger partial charge is 0.248 e. The van der Waals surface area contributed by atoms with E-state index in [1.54, 1.807) is 26.5 Å². The van der Waals surface area contributed by atoms with Crippen LogP contribution in [0.5, 0.6) is 0 Å². The number of pyridine rings is 2. The summed E-state index contributed by atoms with van der Waals surface area (Å²) in [7, 11) is 3.15.